The number of hydrogen-bond donors (Lipinski definition) is 4. The minimum Gasteiger partial charge on any atom is -0.507 e. The highest BCUT2D eigenvalue weighted by molar-refractivity contribution is 6.63. The van der Waals surface area contributed by atoms with Crippen LogP contribution in [-0.4, -0.2) is 67.8 Å². The van der Waals surface area contributed by atoms with Gasteiger partial charge in [0.2, 0.25) is 5.24 Å². The number of aryl methyl sites for hydroxylation is 3. The monoisotopic (exact) mass is 1000 g/mol. The van der Waals surface area contributed by atoms with Crippen molar-refractivity contribution in [2.75, 3.05) is 0 Å². The molecule has 14 nitrogen and oxygen atoms in total. The number of rotatable bonds is 19. The molecule has 0 saturated carbocycles. The van der Waals surface area contributed by atoms with Crippen molar-refractivity contribution in [1.82, 2.24) is 0 Å². The summed E-state index contributed by atoms with van der Waals surface area (Å²) in [6.45, 7) is 22.7. The Labute approximate surface area is 423 Å². The Bertz CT molecular complexity index is 2210. The second-order valence-corrected chi connectivity index (χ2v) is 18.2. The Kier molecular flexibility index (Phi) is 34.1. The molecule has 0 radical (unpaired) electrons. The minimum atomic E-state index is -1.16. The second-order valence-electron chi connectivity index (χ2n) is 17.8. The Morgan fingerprint density at radius 1 is 0.657 bits per heavy atom. The third kappa shape index (κ3) is 29.7. The van der Waals surface area contributed by atoms with Crippen molar-refractivity contribution in [3.05, 3.63) is 112 Å². The number of aromatic carboxylic acids is 2. The molecular weight excluding hydrogens is 918 g/mol. The molecule has 3 aromatic carbocycles. The van der Waals surface area contributed by atoms with Crippen molar-refractivity contribution < 1.29 is 64.5 Å². The molecule has 0 heterocycles. The third-order valence-corrected chi connectivity index (χ3v) is 9.10. The normalized spacial score (nSPS) is 11.5. The molecule has 2 atom stereocenters. The number of ether oxygens (including phenoxy) is 3. The van der Waals surface area contributed by atoms with Crippen molar-refractivity contribution in [3.63, 3.8) is 0 Å². The number of benzene rings is 3. The first kappa shape index (κ1) is 68.1. The van der Waals surface area contributed by atoms with Crippen molar-refractivity contribution in [2.45, 2.75) is 155 Å². The molecule has 0 saturated heterocycles. The predicted molar refractivity (Wildman–Crippen MR) is 280 cm³/mol. The first-order chi connectivity index (χ1) is 31.6. The quantitative estimate of drug-likeness (QED) is 0.0379. The number of Topliss-reactive ketones (excluding diaryl/α,β-unsaturated/α-hetero) is 1. The van der Waals surface area contributed by atoms with E-state index in [1.165, 1.54) is 24.3 Å². The van der Waals surface area contributed by atoms with Crippen molar-refractivity contribution in [3.8, 4) is 17.2 Å². The van der Waals surface area contributed by atoms with Gasteiger partial charge in [0.05, 0.1) is 5.92 Å². The van der Waals surface area contributed by atoms with Crippen LogP contribution in [0.1, 0.15) is 171 Å². The van der Waals surface area contributed by atoms with Crippen molar-refractivity contribution >= 4 is 52.5 Å². The summed E-state index contributed by atoms with van der Waals surface area (Å²) in [7, 11) is 0. The predicted octanol–water partition coefficient (Wildman–Crippen LogP) is 12.8. The summed E-state index contributed by atoms with van der Waals surface area (Å²) < 4.78 is 16.1. The molecule has 2 unspecified atom stereocenters. The van der Waals surface area contributed by atoms with Gasteiger partial charge in [-0.25, -0.2) is 19.2 Å². The highest BCUT2D eigenvalue weighted by Crippen LogP contribution is 2.26. The molecule has 3 aromatic rings. The second kappa shape index (κ2) is 35.1. The van der Waals surface area contributed by atoms with Crippen LogP contribution in [0.4, 0.5) is 0 Å². The number of carboxylic acids is 2. The molecule has 5 N–H and O–H groups in total. The first-order valence-corrected chi connectivity index (χ1v) is 22.9. The van der Waals surface area contributed by atoms with Crippen LogP contribution in [0.25, 0.3) is 0 Å². The highest BCUT2D eigenvalue weighted by atomic mass is 35.5. The summed E-state index contributed by atoms with van der Waals surface area (Å²) in [4.78, 5) is 80.9. The van der Waals surface area contributed by atoms with Gasteiger partial charge in [-0.2, -0.15) is 0 Å². The molecule has 392 valence electrons. The molecular formula is C55H82ClNO13. The van der Waals surface area contributed by atoms with E-state index in [-0.39, 0.29) is 79.5 Å². The number of carbonyl (C=O) groups excluding carboxylic acids is 5. The standard InChI is InChI=1S/C21H28O5.C18H27NO4.C8H8O3.C6H9ClO.2CH4.H2/c1-5-6-7-8-17(22)13-16(11-14(2)3)21(25)26-19-12-15(4)9-10-18(19)20(23)24;1-11(2)9-14(19)17(21)22-15-10-12(3)7-8-13(15)16(20)23-18(4,5)6;1-5-2-3-6(8(10)11)7(9)4-5;1-2-3-4-5-6(7)8;;;/h6-7,9-10,12,14,16H,5,8,11,13H2,1-4H3,(H,23,24);7-8,10-11,14H,9,19H2,1-6H3;2-4,9H,1H3,(H,10,11);3-4H,2,5H2,1H3;2*1H4;1H/b7-6-;;;4-3-;;;. The molecule has 0 amide bonds. The molecule has 0 bridgehead atoms. The van der Waals surface area contributed by atoms with Crippen LogP contribution in [0.5, 0.6) is 17.2 Å². The van der Waals surface area contributed by atoms with Gasteiger partial charge in [-0.1, -0.05) is 98.9 Å². The number of carbonyl (C=O) groups is 7. The van der Waals surface area contributed by atoms with Gasteiger partial charge in [-0.3, -0.25) is 14.4 Å². The lowest BCUT2D eigenvalue weighted by Gasteiger charge is -2.21. The van der Waals surface area contributed by atoms with Crippen LogP contribution >= 0.6 is 11.6 Å². The molecule has 0 aromatic heterocycles. The van der Waals surface area contributed by atoms with Crippen LogP contribution in [0.2, 0.25) is 0 Å². The summed E-state index contributed by atoms with van der Waals surface area (Å²) in [6, 6.07) is 13.3. The molecule has 0 spiro atoms. The zero-order valence-electron chi connectivity index (χ0n) is 41.6. The number of hydrogen-bond acceptors (Lipinski definition) is 12. The summed E-state index contributed by atoms with van der Waals surface area (Å²) in [5.41, 5.74) is 7.81. The van der Waals surface area contributed by atoms with E-state index in [1.807, 2.05) is 66.7 Å². The highest BCUT2D eigenvalue weighted by Gasteiger charge is 2.27. The van der Waals surface area contributed by atoms with Crippen LogP contribution in [0.3, 0.4) is 0 Å². The van der Waals surface area contributed by atoms with E-state index in [0.29, 0.717) is 25.7 Å². The Morgan fingerprint density at radius 3 is 1.51 bits per heavy atom. The van der Waals surface area contributed by atoms with Gasteiger partial charge in [-0.05, 0) is 144 Å². The molecule has 0 aliphatic carbocycles. The summed E-state index contributed by atoms with van der Waals surface area (Å²) in [5, 5.41) is 26.5. The fraction of sp³-hybridized carbons (Fsp3) is 0.473. The van der Waals surface area contributed by atoms with E-state index in [4.69, 9.17) is 41.8 Å². The summed E-state index contributed by atoms with van der Waals surface area (Å²) in [5.74, 6) is -4.00. The largest absolute Gasteiger partial charge is 0.507 e. The summed E-state index contributed by atoms with van der Waals surface area (Å²) in [6.07, 6.45) is 11.0. The number of ketones is 1. The summed E-state index contributed by atoms with van der Waals surface area (Å²) >= 11 is 5.02. The molecule has 3 rings (SSSR count). The number of esters is 3. The number of halogens is 1. The minimum absolute atomic E-state index is 0. The maximum atomic E-state index is 12.6. The van der Waals surface area contributed by atoms with Gasteiger partial charge < -0.3 is 35.3 Å². The average molecular weight is 1000 g/mol. The lowest BCUT2D eigenvalue weighted by Crippen LogP contribution is -2.35. The first-order valence-electron chi connectivity index (χ1n) is 22.5. The van der Waals surface area contributed by atoms with Crippen LogP contribution in [0, 0.1) is 38.5 Å². The molecule has 15 heteroatoms. The van der Waals surface area contributed by atoms with E-state index in [9.17, 15) is 38.7 Å². The molecule has 0 aliphatic rings. The fourth-order valence-electron chi connectivity index (χ4n) is 5.82. The molecule has 0 aliphatic heterocycles. The number of aromatic hydroxyl groups is 1. The number of nitrogens with two attached hydrogens (primary N) is 1. The lowest BCUT2D eigenvalue weighted by atomic mass is 9.91. The van der Waals surface area contributed by atoms with Gasteiger partial charge in [-0.15, -0.1) is 0 Å². The third-order valence-electron chi connectivity index (χ3n) is 8.95. The SMILES string of the molecule is C.C.CC/C=C\CC(=O)CC(CC(C)C)C(=O)Oc1cc(C)ccc1C(=O)O.CC/C=C\CC(=O)Cl.Cc1ccc(C(=O)O)c(O)c1.Cc1ccc(C(=O)OC(C)(C)C)c(OC(=O)C(N)CC(C)C)c1.[HH]. The van der Waals surface area contributed by atoms with Gasteiger partial charge in [0.25, 0.3) is 0 Å². The Balaban J connectivity index is -0.000000453. The lowest BCUT2D eigenvalue weighted by molar-refractivity contribution is -0.141. The van der Waals surface area contributed by atoms with Gasteiger partial charge in [0, 0.05) is 20.7 Å². The van der Waals surface area contributed by atoms with Gasteiger partial charge >= 0.3 is 29.8 Å². The smallest absolute Gasteiger partial charge is 0.342 e. The number of carboxylic acid groups (broad SMARTS) is 2. The fourth-order valence-corrected chi connectivity index (χ4v) is 5.91. The zero-order valence-corrected chi connectivity index (χ0v) is 42.4. The maximum Gasteiger partial charge on any atom is 0.342 e. The number of phenols is 1. The molecule has 0 fully saturated rings. The average Bonchev–Trinajstić information content (AvgIpc) is 3.20. The maximum absolute atomic E-state index is 12.6. The van der Waals surface area contributed by atoms with E-state index >= 15 is 0 Å². The number of allylic oxidation sites excluding steroid dienone is 4. The Hall–Kier alpha value is -6.12. The van der Waals surface area contributed by atoms with Crippen LogP contribution in [0.15, 0.2) is 78.9 Å². The van der Waals surface area contributed by atoms with Crippen LogP contribution < -0.4 is 15.2 Å². The van der Waals surface area contributed by atoms with E-state index < -0.39 is 47.4 Å². The van der Waals surface area contributed by atoms with E-state index in [1.54, 1.807) is 71.0 Å². The Morgan fingerprint density at radius 2 is 1.09 bits per heavy atom. The molecule has 70 heavy (non-hydrogen) atoms. The topological polar surface area (TPSA) is 234 Å². The van der Waals surface area contributed by atoms with Gasteiger partial charge in [0.15, 0.2) is 0 Å². The van der Waals surface area contributed by atoms with E-state index in [2.05, 4.69) is 0 Å². The van der Waals surface area contributed by atoms with Crippen LogP contribution in [-0.2, 0) is 23.9 Å². The van der Waals surface area contributed by atoms with Crippen molar-refractivity contribution in [2.24, 2.45) is 23.5 Å². The zero-order chi connectivity index (χ0) is 52.3. The van der Waals surface area contributed by atoms with Gasteiger partial charge in [0.1, 0.15) is 51.4 Å². The van der Waals surface area contributed by atoms with E-state index in [0.717, 1.165) is 29.5 Å². The van der Waals surface area contributed by atoms with Crippen molar-refractivity contribution in [1.29, 1.82) is 0 Å².